The van der Waals surface area contributed by atoms with Crippen molar-refractivity contribution >= 4 is 11.7 Å². The molecule has 0 aromatic carbocycles. The first-order valence-electron chi connectivity index (χ1n) is 2.74. The number of rotatable bonds is 3. The Morgan fingerprint density at radius 1 is 1.90 bits per heavy atom. The molecule has 0 aliphatic heterocycles. The van der Waals surface area contributed by atoms with Crippen LogP contribution in [0.5, 0.6) is 0 Å². The lowest BCUT2D eigenvalue weighted by Gasteiger charge is -2.04. The second-order valence-electron chi connectivity index (χ2n) is 1.71. The van der Waals surface area contributed by atoms with Crippen molar-refractivity contribution in [2.45, 2.75) is 6.04 Å². The molecule has 0 aliphatic rings. The Morgan fingerprint density at radius 3 is 3.10 bits per heavy atom. The number of aromatic nitrogens is 2. The van der Waals surface area contributed by atoms with Crippen LogP contribution in [0.3, 0.4) is 0 Å². The zero-order chi connectivity index (χ0) is 7.40. The molecule has 5 heteroatoms. The number of hydrogen-bond acceptors (Lipinski definition) is 5. The van der Waals surface area contributed by atoms with E-state index in [0.717, 1.165) is 17.4 Å². The number of hydrazine groups is 1. The molecule has 0 saturated heterocycles. The van der Waals surface area contributed by atoms with Crippen LogP contribution in [-0.2, 0) is 0 Å². The maximum Gasteiger partial charge on any atom is 0.0964 e. The third kappa shape index (κ3) is 1.38. The minimum Gasteiger partial charge on any atom is -0.271 e. The molecule has 0 spiro atoms. The lowest BCUT2D eigenvalue weighted by molar-refractivity contribution is 0.645. The number of hydrogen-bond donors (Lipinski definition) is 2. The summed E-state index contributed by atoms with van der Waals surface area (Å²) in [4.78, 5) is 0. The first kappa shape index (κ1) is 7.33. The lowest BCUT2D eigenvalue weighted by atomic mass is 10.2. The molecule has 3 N–H and O–H groups in total. The maximum absolute atomic E-state index is 5.19. The summed E-state index contributed by atoms with van der Waals surface area (Å²) in [6, 6.07) is -0.0845. The van der Waals surface area contributed by atoms with E-state index in [-0.39, 0.29) is 6.04 Å². The fraction of sp³-hybridized carbons (Fsp3) is 0.200. The molecule has 0 bridgehead atoms. The summed E-state index contributed by atoms with van der Waals surface area (Å²) in [5.74, 6) is 5.19. The minimum absolute atomic E-state index is 0.0845. The Labute approximate surface area is 63.1 Å². The Balaban J connectivity index is 2.73. The van der Waals surface area contributed by atoms with Gasteiger partial charge in [0.15, 0.2) is 0 Å². The Bertz CT molecular complexity index is 195. The maximum atomic E-state index is 5.19. The molecule has 1 unspecified atom stereocenters. The molecule has 1 aromatic rings. The van der Waals surface area contributed by atoms with Crippen molar-refractivity contribution in [3.05, 3.63) is 24.5 Å². The van der Waals surface area contributed by atoms with E-state index in [1.54, 1.807) is 12.3 Å². The topological polar surface area (TPSA) is 63.8 Å². The molecule has 0 radical (unpaired) electrons. The molecule has 1 rings (SSSR count). The van der Waals surface area contributed by atoms with Gasteiger partial charge >= 0.3 is 0 Å². The first-order valence-corrected chi connectivity index (χ1v) is 3.47. The predicted octanol–water partition coefficient (Wildman–Crippen LogP) is 0.228. The van der Waals surface area contributed by atoms with Gasteiger partial charge < -0.3 is 0 Å². The second kappa shape index (κ2) is 3.40. The molecule has 54 valence electrons. The third-order valence-electron chi connectivity index (χ3n) is 1.11. The molecule has 4 nitrogen and oxygen atoms in total. The van der Waals surface area contributed by atoms with Crippen LogP contribution in [-0.4, -0.2) is 8.75 Å². The van der Waals surface area contributed by atoms with Crippen LogP contribution in [0.1, 0.15) is 11.7 Å². The molecule has 0 aliphatic carbocycles. The van der Waals surface area contributed by atoms with Crippen molar-refractivity contribution in [2.24, 2.45) is 5.84 Å². The lowest BCUT2D eigenvalue weighted by Crippen LogP contribution is -2.26. The van der Waals surface area contributed by atoms with Gasteiger partial charge in [0.2, 0.25) is 0 Å². The average molecular weight is 156 g/mol. The van der Waals surface area contributed by atoms with Crippen molar-refractivity contribution in [3.63, 3.8) is 0 Å². The summed E-state index contributed by atoms with van der Waals surface area (Å²) in [5, 5.41) is 0. The van der Waals surface area contributed by atoms with E-state index in [9.17, 15) is 0 Å². The Morgan fingerprint density at radius 2 is 2.70 bits per heavy atom. The number of nitrogens with two attached hydrogens (primary N) is 1. The summed E-state index contributed by atoms with van der Waals surface area (Å²) in [6.45, 7) is 3.58. The fourth-order valence-electron chi connectivity index (χ4n) is 0.583. The first-order chi connectivity index (χ1) is 4.88. The van der Waals surface area contributed by atoms with Crippen molar-refractivity contribution in [1.29, 1.82) is 0 Å². The smallest absolute Gasteiger partial charge is 0.0964 e. The van der Waals surface area contributed by atoms with E-state index >= 15 is 0 Å². The third-order valence-corrected chi connectivity index (χ3v) is 1.60. The van der Waals surface area contributed by atoms with Crippen LogP contribution in [0, 0.1) is 0 Å². The highest BCUT2D eigenvalue weighted by Gasteiger charge is 2.05. The predicted molar refractivity (Wildman–Crippen MR) is 40.2 cm³/mol. The van der Waals surface area contributed by atoms with Crippen molar-refractivity contribution in [2.75, 3.05) is 0 Å². The van der Waals surface area contributed by atoms with Crippen molar-refractivity contribution < 1.29 is 0 Å². The van der Waals surface area contributed by atoms with Crippen LogP contribution in [0.2, 0.25) is 0 Å². The van der Waals surface area contributed by atoms with Crippen LogP contribution >= 0.6 is 11.7 Å². The quantitative estimate of drug-likeness (QED) is 0.373. The van der Waals surface area contributed by atoms with Gasteiger partial charge in [-0.2, -0.15) is 8.75 Å². The zero-order valence-corrected chi connectivity index (χ0v) is 6.14. The summed E-state index contributed by atoms with van der Waals surface area (Å²) in [7, 11) is 0. The molecule has 1 aromatic heterocycles. The van der Waals surface area contributed by atoms with E-state index in [4.69, 9.17) is 5.84 Å². The van der Waals surface area contributed by atoms with E-state index in [2.05, 4.69) is 20.8 Å². The minimum atomic E-state index is -0.0845. The summed E-state index contributed by atoms with van der Waals surface area (Å²) < 4.78 is 7.80. The van der Waals surface area contributed by atoms with Crippen molar-refractivity contribution in [3.8, 4) is 0 Å². The van der Waals surface area contributed by atoms with Gasteiger partial charge in [-0.25, -0.2) is 5.43 Å². The van der Waals surface area contributed by atoms with Gasteiger partial charge in [0.1, 0.15) is 0 Å². The standard InChI is InChI=1S/C5H8N4S/c1-2-4(8-6)5-3-7-10-9-5/h2-4,8H,1,6H2. The Hall–Kier alpha value is -0.780. The largest absolute Gasteiger partial charge is 0.271 e. The van der Waals surface area contributed by atoms with Gasteiger partial charge in [-0.3, -0.25) is 5.84 Å². The molecular formula is C5H8N4S. The molecule has 1 atom stereocenters. The fourth-order valence-corrected chi connectivity index (χ4v) is 1.04. The summed E-state index contributed by atoms with van der Waals surface area (Å²) in [5.41, 5.74) is 3.35. The molecule has 1 heterocycles. The highest BCUT2D eigenvalue weighted by Crippen LogP contribution is 2.08. The highest BCUT2D eigenvalue weighted by atomic mass is 32.1. The SMILES string of the molecule is C=CC(NN)c1cnsn1. The summed E-state index contributed by atoms with van der Waals surface area (Å²) >= 11 is 1.16. The molecule has 0 saturated carbocycles. The van der Waals surface area contributed by atoms with Gasteiger partial charge in [0.05, 0.1) is 29.7 Å². The van der Waals surface area contributed by atoms with Crippen LogP contribution in [0.15, 0.2) is 18.9 Å². The van der Waals surface area contributed by atoms with E-state index in [0.29, 0.717) is 0 Å². The van der Waals surface area contributed by atoms with E-state index in [1.807, 2.05) is 0 Å². The monoisotopic (exact) mass is 156 g/mol. The normalized spacial score (nSPS) is 12.9. The van der Waals surface area contributed by atoms with E-state index < -0.39 is 0 Å². The highest BCUT2D eigenvalue weighted by molar-refractivity contribution is 6.99. The average Bonchev–Trinajstić information content (AvgIpc) is 2.43. The second-order valence-corrected chi connectivity index (χ2v) is 2.27. The van der Waals surface area contributed by atoms with Gasteiger partial charge in [-0.1, -0.05) is 6.08 Å². The number of nitrogens with zero attached hydrogens (tertiary/aromatic N) is 2. The summed E-state index contributed by atoms with van der Waals surface area (Å²) in [6.07, 6.45) is 3.34. The van der Waals surface area contributed by atoms with Crippen LogP contribution in [0.25, 0.3) is 0 Å². The van der Waals surface area contributed by atoms with Crippen molar-refractivity contribution in [1.82, 2.24) is 14.2 Å². The molecule has 0 fully saturated rings. The van der Waals surface area contributed by atoms with Crippen LogP contribution < -0.4 is 11.3 Å². The number of nitrogens with one attached hydrogen (secondary N) is 1. The van der Waals surface area contributed by atoms with Gasteiger partial charge in [-0.05, 0) is 0 Å². The molecule has 10 heavy (non-hydrogen) atoms. The van der Waals surface area contributed by atoms with Gasteiger partial charge in [0, 0.05) is 0 Å². The van der Waals surface area contributed by atoms with Gasteiger partial charge in [0.25, 0.3) is 0 Å². The van der Waals surface area contributed by atoms with E-state index in [1.165, 1.54) is 0 Å². The van der Waals surface area contributed by atoms with Crippen LogP contribution in [0.4, 0.5) is 0 Å². The zero-order valence-electron chi connectivity index (χ0n) is 5.32. The Kier molecular flexibility index (Phi) is 2.49. The molecule has 0 amide bonds. The molecular weight excluding hydrogens is 148 g/mol. The van der Waals surface area contributed by atoms with Gasteiger partial charge in [-0.15, -0.1) is 6.58 Å².